The topological polar surface area (TPSA) is 17.1 Å². The maximum Gasteiger partial charge on any atom is 0.120 e. The monoisotopic (exact) mass is 204 g/mol. The van der Waals surface area contributed by atoms with Gasteiger partial charge in [-0.05, 0) is 29.4 Å². The Morgan fingerprint density at radius 2 is 1.87 bits per heavy atom. The average Bonchev–Trinajstić information content (AvgIpc) is 2.26. The zero-order chi connectivity index (χ0) is 11.3. The van der Waals surface area contributed by atoms with Gasteiger partial charge in [-0.25, -0.2) is 0 Å². The highest BCUT2D eigenvalue weighted by Gasteiger charge is 2.06. The zero-order valence-corrected chi connectivity index (χ0v) is 9.86. The summed E-state index contributed by atoms with van der Waals surface area (Å²) in [5, 5.41) is 0. The van der Waals surface area contributed by atoms with Crippen LogP contribution < -0.4 is 0 Å². The third-order valence-electron chi connectivity index (χ3n) is 2.86. The maximum absolute atomic E-state index is 10.3. The van der Waals surface area contributed by atoms with Crippen molar-refractivity contribution in [1.82, 2.24) is 0 Å². The van der Waals surface area contributed by atoms with E-state index in [1.54, 1.807) is 0 Å². The Kier molecular flexibility index (Phi) is 4.54. The molecule has 1 heteroatoms. The molecule has 1 aromatic carbocycles. The third kappa shape index (κ3) is 3.50. The number of aldehydes is 1. The van der Waals surface area contributed by atoms with E-state index < -0.39 is 0 Å². The second kappa shape index (κ2) is 5.69. The minimum Gasteiger partial charge on any atom is -0.303 e. The van der Waals surface area contributed by atoms with Crippen LogP contribution in [0.1, 0.15) is 56.6 Å². The lowest BCUT2D eigenvalue weighted by molar-refractivity contribution is -0.108. The third-order valence-corrected chi connectivity index (χ3v) is 2.86. The fourth-order valence-electron chi connectivity index (χ4n) is 1.71. The van der Waals surface area contributed by atoms with Crippen molar-refractivity contribution in [1.29, 1.82) is 0 Å². The number of carbonyl (C=O) groups excluding carboxylic acids is 1. The van der Waals surface area contributed by atoms with E-state index in [2.05, 4.69) is 45.0 Å². The Labute approximate surface area is 92.5 Å². The van der Waals surface area contributed by atoms with Gasteiger partial charge in [0.05, 0.1) is 0 Å². The van der Waals surface area contributed by atoms with E-state index in [0.717, 1.165) is 12.7 Å². The van der Waals surface area contributed by atoms with E-state index in [1.807, 2.05) is 0 Å². The van der Waals surface area contributed by atoms with Gasteiger partial charge in [-0.1, -0.05) is 45.0 Å². The highest BCUT2D eigenvalue weighted by atomic mass is 16.1. The first-order chi connectivity index (χ1) is 7.15. The zero-order valence-electron chi connectivity index (χ0n) is 9.86. The summed E-state index contributed by atoms with van der Waals surface area (Å²) < 4.78 is 0. The molecular weight excluding hydrogens is 184 g/mol. The maximum atomic E-state index is 10.3. The summed E-state index contributed by atoms with van der Waals surface area (Å²) in [6.45, 7) is 6.59. The number of hydrogen-bond donors (Lipinski definition) is 0. The van der Waals surface area contributed by atoms with Gasteiger partial charge in [0.25, 0.3) is 0 Å². The average molecular weight is 204 g/mol. The molecular formula is C14H20O. The van der Waals surface area contributed by atoms with Gasteiger partial charge in [0.15, 0.2) is 0 Å². The van der Waals surface area contributed by atoms with E-state index in [-0.39, 0.29) is 0 Å². The fourth-order valence-corrected chi connectivity index (χ4v) is 1.71. The van der Waals surface area contributed by atoms with Crippen molar-refractivity contribution < 1.29 is 4.79 Å². The molecule has 0 bridgehead atoms. The predicted octanol–water partition coefficient (Wildman–Crippen LogP) is 3.89. The van der Waals surface area contributed by atoms with Gasteiger partial charge in [-0.15, -0.1) is 0 Å². The minimum atomic E-state index is 0.480. The van der Waals surface area contributed by atoms with Gasteiger partial charge in [-0.3, -0.25) is 0 Å². The van der Waals surface area contributed by atoms with Gasteiger partial charge in [0, 0.05) is 6.42 Å². The summed E-state index contributed by atoms with van der Waals surface area (Å²) in [6, 6.07) is 8.70. The molecule has 0 aliphatic heterocycles. The molecule has 1 unspecified atom stereocenters. The summed E-state index contributed by atoms with van der Waals surface area (Å²) in [5.41, 5.74) is 2.73. The van der Waals surface area contributed by atoms with Gasteiger partial charge < -0.3 is 4.79 Å². The van der Waals surface area contributed by atoms with Gasteiger partial charge in [-0.2, -0.15) is 0 Å². The van der Waals surface area contributed by atoms with Crippen molar-refractivity contribution in [2.75, 3.05) is 0 Å². The quantitative estimate of drug-likeness (QED) is 0.665. The van der Waals surface area contributed by atoms with E-state index >= 15 is 0 Å². The Hall–Kier alpha value is -1.11. The SMILES string of the molecule is CC(C)c1cccc(C(C)CCC=O)c1. The molecule has 0 aromatic heterocycles. The summed E-state index contributed by atoms with van der Waals surface area (Å²) in [7, 11) is 0. The van der Waals surface area contributed by atoms with Crippen LogP contribution in [0, 0.1) is 0 Å². The van der Waals surface area contributed by atoms with E-state index in [1.165, 1.54) is 11.1 Å². The Morgan fingerprint density at radius 3 is 2.47 bits per heavy atom. The number of benzene rings is 1. The van der Waals surface area contributed by atoms with Gasteiger partial charge in [0.1, 0.15) is 6.29 Å². The number of rotatable bonds is 5. The van der Waals surface area contributed by atoms with E-state index in [4.69, 9.17) is 0 Å². The normalized spacial score (nSPS) is 12.8. The lowest BCUT2D eigenvalue weighted by Gasteiger charge is -2.13. The molecule has 1 aromatic rings. The first-order valence-electron chi connectivity index (χ1n) is 5.68. The molecule has 15 heavy (non-hydrogen) atoms. The van der Waals surface area contributed by atoms with Gasteiger partial charge >= 0.3 is 0 Å². The van der Waals surface area contributed by atoms with E-state index in [0.29, 0.717) is 18.3 Å². The summed E-state index contributed by atoms with van der Waals surface area (Å²) in [5.74, 6) is 1.05. The second-order valence-electron chi connectivity index (χ2n) is 4.47. The van der Waals surface area contributed by atoms with Crippen LogP contribution in [0.25, 0.3) is 0 Å². The molecule has 1 rings (SSSR count). The van der Waals surface area contributed by atoms with Crippen molar-refractivity contribution in [3.05, 3.63) is 35.4 Å². The van der Waals surface area contributed by atoms with Crippen LogP contribution in [-0.4, -0.2) is 6.29 Å². The first kappa shape index (κ1) is 12.0. The van der Waals surface area contributed by atoms with E-state index in [9.17, 15) is 4.79 Å². The molecule has 0 radical (unpaired) electrons. The summed E-state index contributed by atoms with van der Waals surface area (Å²) in [6.07, 6.45) is 2.61. The Balaban J connectivity index is 2.75. The van der Waals surface area contributed by atoms with Gasteiger partial charge in [0.2, 0.25) is 0 Å². The van der Waals surface area contributed by atoms with Crippen LogP contribution in [0.5, 0.6) is 0 Å². The molecule has 0 amide bonds. The van der Waals surface area contributed by atoms with Crippen LogP contribution in [0.4, 0.5) is 0 Å². The molecule has 0 N–H and O–H groups in total. The number of carbonyl (C=O) groups is 1. The molecule has 0 spiro atoms. The smallest absolute Gasteiger partial charge is 0.120 e. The Morgan fingerprint density at radius 1 is 1.20 bits per heavy atom. The standard InChI is InChI=1S/C14H20O/c1-11(2)13-7-4-8-14(10-13)12(3)6-5-9-15/h4,7-12H,5-6H2,1-3H3. The first-order valence-corrected chi connectivity index (χ1v) is 5.68. The van der Waals surface area contributed by atoms with Crippen molar-refractivity contribution in [3.63, 3.8) is 0 Å². The molecule has 1 atom stereocenters. The van der Waals surface area contributed by atoms with Crippen LogP contribution in [-0.2, 0) is 4.79 Å². The lowest BCUT2D eigenvalue weighted by atomic mass is 9.92. The molecule has 0 aliphatic carbocycles. The van der Waals surface area contributed by atoms with Crippen molar-refractivity contribution in [3.8, 4) is 0 Å². The fraction of sp³-hybridized carbons (Fsp3) is 0.500. The second-order valence-corrected chi connectivity index (χ2v) is 4.47. The Bertz CT molecular complexity index is 315. The van der Waals surface area contributed by atoms with Crippen molar-refractivity contribution >= 4 is 6.29 Å². The highest BCUT2D eigenvalue weighted by Crippen LogP contribution is 2.23. The van der Waals surface area contributed by atoms with Crippen LogP contribution in [0.3, 0.4) is 0 Å². The number of hydrogen-bond acceptors (Lipinski definition) is 1. The molecule has 0 fully saturated rings. The summed E-state index contributed by atoms with van der Waals surface area (Å²) >= 11 is 0. The van der Waals surface area contributed by atoms with Crippen molar-refractivity contribution in [2.24, 2.45) is 0 Å². The molecule has 82 valence electrons. The largest absolute Gasteiger partial charge is 0.303 e. The molecule has 0 saturated carbocycles. The predicted molar refractivity (Wildman–Crippen MR) is 64.2 cm³/mol. The molecule has 1 nitrogen and oxygen atoms in total. The molecule has 0 aliphatic rings. The minimum absolute atomic E-state index is 0.480. The molecule has 0 heterocycles. The van der Waals surface area contributed by atoms with Crippen LogP contribution in [0.15, 0.2) is 24.3 Å². The highest BCUT2D eigenvalue weighted by molar-refractivity contribution is 5.49. The summed E-state index contributed by atoms with van der Waals surface area (Å²) in [4.78, 5) is 10.3. The van der Waals surface area contributed by atoms with Crippen LogP contribution in [0.2, 0.25) is 0 Å². The van der Waals surface area contributed by atoms with Crippen LogP contribution >= 0.6 is 0 Å². The molecule has 0 saturated heterocycles. The van der Waals surface area contributed by atoms with Crippen molar-refractivity contribution in [2.45, 2.75) is 45.4 Å². The lowest BCUT2D eigenvalue weighted by Crippen LogP contribution is -1.96.